The zero-order chi connectivity index (χ0) is 18.6. The van der Waals surface area contributed by atoms with Crippen LogP contribution in [0.1, 0.15) is 39.3 Å². The van der Waals surface area contributed by atoms with Crippen LogP contribution in [0.3, 0.4) is 0 Å². The van der Waals surface area contributed by atoms with Crippen LogP contribution in [-0.4, -0.2) is 21.1 Å². The second-order valence-corrected chi connectivity index (χ2v) is 8.57. The van der Waals surface area contributed by atoms with Crippen LogP contribution >= 0.6 is 23.1 Å². The molecule has 0 radical (unpaired) electrons. The van der Waals surface area contributed by atoms with Gasteiger partial charge in [0.05, 0.1) is 12.3 Å². The van der Waals surface area contributed by atoms with Crippen molar-refractivity contribution in [2.75, 3.05) is 5.75 Å². The van der Waals surface area contributed by atoms with E-state index in [1.54, 1.807) is 11.3 Å². The number of thioether (sulfide) groups is 1. The molecule has 1 aliphatic carbocycles. The van der Waals surface area contributed by atoms with Gasteiger partial charge in [0.25, 0.3) is 0 Å². The lowest BCUT2D eigenvalue weighted by Crippen LogP contribution is -2.30. The molecule has 6 heteroatoms. The smallest absolute Gasteiger partial charge is 0.293 e. The maximum absolute atomic E-state index is 12.7. The van der Waals surface area contributed by atoms with E-state index in [9.17, 15) is 9.59 Å². The number of rotatable bonds is 6. The van der Waals surface area contributed by atoms with Crippen molar-refractivity contribution in [3.05, 3.63) is 80.0 Å². The third-order valence-electron chi connectivity index (χ3n) is 4.78. The molecule has 0 N–H and O–H groups in total. The van der Waals surface area contributed by atoms with E-state index in [4.69, 9.17) is 0 Å². The Labute approximate surface area is 166 Å². The maximum Gasteiger partial charge on any atom is 0.349 e. The van der Waals surface area contributed by atoms with Gasteiger partial charge in [-0.05, 0) is 37.1 Å². The first kappa shape index (κ1) is 18.2. The van der Waals surface area contributed by atoms with Crippen LogP contribution in [0.25, 0.3) is 0 Å². The van der Waals surface area contributed by atoms with Gasteiger partial charge >= 0.3 is 5.69 Å². The number of ketones is 1. The van der Waals surface area contributed by atoms with Crippen LogP contribution in [0.15, 0.2) is 57.7 Å². The summed E-state index contributed by atoms with van der Waals surface area (Å²) in [7, 11) is 0. The number of thiophene rings is 1. The van der Waals surface area contributed by atoms with Gasteiger partial charge in [0, 0.05) is 21.7 Å². The van der Waals surface area contributed by atoms with Gasteiger partial charge in [-0.1, -0.05) is 48.2 Å². The molecule has 1 aliphatic rings. The van der Waals surface area contributed by atoms with Crippen molar-refractivity contribution in [1.82, 2.24) is 9.55 Å². The first-order valence-corrected chi connectivity index (χ1v) is 10.9. The molecular formula is C21H20N2O2S2. The van der Waals surface area contributed by atoms with Crippen molar-refractivity contribution < 1.29 is 4.79 Å². The van der Waals surface area contributed by atoms with Gasteiger partial charge in [0.2, 0.25) is 0 Å². The topological polar surface area (TPSA) is 52.0 Å². The van der Waals surface area contributed by atoms with E-state index in [1.165, 1.54) is 11.8 Å². The minimum atomic E-state index is -0.210. The summed E-state index contributed by atoms with van der Waals surface area (Å²) in [5.41, 5.74) is 2.75. The molecule has 0 saturated carbocycles. The van der Waals surface area contributed by atoms with Crippen LogP contribution in [-0.2, 0) is 19.4 Å². The zero-order valence-electron chi connectivity index (χ0n) is 14.9. The minimum Gasteiger partial charge on any atom is -0.293 e. The number of aromatic nitrogens is 2. The van der Waals surface area contributed by atoms with E-state index in [0.717, 1.165) is 46.8 Å². The quantitative estimate of drug-likeness (QED) is 0.356. The van der Waals surface area contributed by atoms with Crippen molar-refractivity contribution in [2.24, 2.45) is 0 Å². The number of nitrogens with zero attached hydrogens (tertiary/aromatic N) is 2. The first-order valence-electron chi connectivity index (χ1n) is 9.08. The van der Waals surface area contributed by atoms with E-state index < -0.39 is 0 Å². The van der Waals surface area contributed by atoms with Gasteiger partial charge in [-0.15, -0.1) is 11.3 Å². The third kappa shape index (κ3) is 4.06. The highest BCUT2D eigenvalue weighted by molar-refractivity contribution is 8.00. The predicted octanol–water partition coefficient (Wildman–Crippen LogP) is 4.21. The van der Waals surface area contributed by atoms with Gasteiger partial charge in [0.1, 0.15) is 5.03 Å². The largest absolute Gasteiger partial charge is 0.349 e. The van der Waals surface area contributed by atoms with Crippen molar-refractivity contribution in [3.8, 4) is 0 Å². The summed E-state index contributed by atoms with van der Waals surface area (Å²) in [6.45, 7) is 0.583. The molecule has 2 aromatic heterocycles. The Hall–Kier alpha value is -2.18. The fourth-order valence-electron chi connectivity index (χ4n) is 3.43. The number of benzene rings is 1. The van der Waals surface area contributed by atoms with Crippen LogP contribution in [0.2, 0.25) is 0 Å². The Morgan fingerprint density at radius 1 is 1.11 bits per heavy atom. The third-order valence-corrected chi connectivity index (χ3v) is 6.66. The zero-order valence-corrected chi connectivity index (χ0v) is 16.5. The molecule has 0 fully saturated rings. The summed E-state index contributed by atoms with van der Waals surface area (Å²) in [6, 6.07) is 13.3. The molecule has 1 aromatic carbocycles. The molecule has 138 valence electrons. The van der Waals surface area contributed by atoms with Crippen molar-refractivity contribution in [3.63, 3.8) is 0 Å². The maximum atomic E-state index is 12.7. The lowest BCUT2D eigenvalue weighted by molar-refractivity contribution is 0.102. The summed E-state index contributed by atoms with van der Waals surface area (Å²) in [5.74, 6) is 0.368. The summed E-state index contributed by atoms with van der Waals surface area (Å²) >= 11 is 3.05. The molecule has 4 nitrogen and oxygen atoms in total. The number of Topliss-reactive ketones (excluding diaryl/α,β-unsaturated/α-hetero) is 1. The number of hydrogen-bond acceptors (Lipinski definition) is 5. The van der Waals surface area contributed by atoms with Crippen molar-refractivity contribution >= 4 is 28.9 Å². The Kier molecular flexibility index (Phi) is 5.55. The standard InChI is InChI=1S/C21H20N2O2S2/c24-19(15-7-2-1-3-8-15)14-27-20-17-10-4-5-11-18(17)23(21(25)22-20)13-16-9-6-12-26-16/h1-3,6-9,12H,4-5,10-11,13-14H2. The van der Waals surface area contributed by atoms with Crippen LogP contribution in [0.5, 0.6) is 0 Å². The molecule has 4 rings (SSSR count). The van der Waals surface area contributed by atoms with Crippen molar-refractivity contribution in [2.45, 2.75) is 37.3 Å². The van der Waals surface area contributed by atoms with Crippen LogP contribution < -0.4 is 5.69 Å². The van der Waals surface area contributed by atoms with Crippen molar-refractivity contribution in [1.29, 1.82) is 0 Å². The van der Waals surface area contributed by atoms with E-state index >= 15 is 0 Å². The van der Waals surface area contributed by atoms with Crippen LogP contribution in [0, 0.1) is 0 Å². The number of carbonyl (C=O) groups is 1. The number of fused-ring (bicyclic) bond motifs is 1. The SMILES string of the molecule is O=C(CSc1nc(=O)n(Cc2cccs2)c2c1CCCC2)c1ccccc1. The summed E-state index contributed by atoms with van der Waals surface area (Å²) in [5, 5.41) is 2.76. The van der Waals surface area contributed by atoms with E-state index in [1.807, 2.05) is 52.4 Å². The molecule has 0 bridgehead atoms. The van der Waals surface area contributed by atoms with Gasteiger partial charge in [-0.2, -0.15) is 4.98 Å². The molecule has 3 aromatic rings. The second-order valence-electron chi connectivity index (χ2n) is 6.58. The Morgan fingerprint density at radius 2 is 1.93 bits per heavy atom. The molecular weight excluding hydrogens is 376 g/mol. The highest BCUT2D eigenvalue weighted by Gasteiger charge is 2.21. The Bertz CT molecular complexity index is 995. The lowest BCUT2D eigenvalue weighted by Gasteiger charge is -2.22. The predicted molar refractivity (Wildman–Crippen MR) is 110 cm³/mol. The fourth-order valence-corrected chi connectivity index (χ4v) is 5.09. The second kappa shape index (κ2) is 8.23. The normalized spacial score (nSPS) is 13.3. The molecule has 0 aliphatic heterocycles. The van der Waals surface area contributed by atoms with E-state index in [2.05, 4.69) is 4.98 Å². The molecule has 0 amide bonds. The number of carbonyl (C=O) groups excluding carboxylic acids is 1. The molecule has 0 spiro atoms. The summed E-state index contributed by atoms with van der Waals surface area (Å²) in [6.07, 6.45) is 4.02. The summed E-state index contributed by atoms with van der Waals surface area (Å²) < 4.78 is 1.82. The molecule has 27 heavy (non-hydrogen) atoms. The monoisotopic (exact) mass is 396 g/mol. The van der Waals surface area contributed by atoms with Gasteiger partial charge in [-0.25, -0.2) is 4.79 Å². The van der Waals surface area contributed by atoms with E-state index in [-0.39, 0.29) is 11.5 Å². The average Bonchev–Trinajstić information content (AvgIpc) is 3.22. The lowest BCUT2D eigenvalue weighted by atomic mass is 9.97. The molecule has 0 saturated heterocycles. The fraction of sp³-hybridized carbons (Fsp3) is 0.286. The Balaban J connectivity index is 1.61. The van der Waals surface area contributed by atoms with Gasteiger partial charge in [-0.3, -0.25) is 9.36 Å². The number of hydrogen-bond donors (Lipinski definition) is 0. The molecule has 0 unspecified atom stereocenters. The first-order chi connectivity index (χ1) is 13.2. The van der Waals surface area contributed by atoms with E-state index in [0.29, 0.717) is 17.9 Å². The summed E-state index contributed by atoms with van der Waals surface area (Å²) in [4.78, 5) is 30.6. The molecule has 2 heterocycles. The average molecular weight is 397 g/mol. The van der Waals surface area contributed by atoms with Gasteiger partial charge < -0.3 is 0 Å². The van der Waals surface area contributed by atoms with Crippen LogP contribution in [0.4, 0.5) is 0 Å². The minimum absolute atomic E-state index is 0.0646. The highest BCUT2D eigenvalue weighted by Crippen LogP contribution is 2.29. The Morgan fingerprint density at radius 3 is 2.70 bits per heavy atom. The van der Waals surface area contributed by atoms with Gasteiger partial charge in [0.15, 0.2) is 5.78 Å². The molecule has 0 atom stereocenters. The highest BCUT2D eigenvalue weighted by atomic mass is 32.2.